The Morgan fingerprint density at radius 3 is 2.05 bits per heavy atom. The Kier molecular flexibility index (Phi) is 5.48. The molecule has 0 amide bonds. The van der Waals surface area contributed by atoms with Crippen molar-refractivity contribution in [1.29, 1.82) is 0 Å². The largest absolute Gasteiger partial charge is 0.0654 e. The Labute approximate surface area is 119 Å². The van der Waals surface area contributed by atoms with E-state index in [9.17, 15) is 0 Å². The van der Waals surface area contributed by atoms with Gasteiger partial charge in [-0.15, -0.1) is 0 Å². The molecule has 0 aromatic heterocycles. The minimum Gasteiger partial charge on any atom is -0.0654 e. The summed E-state index contributed by atoms with van der Waals surface area (Å²) in [6.07, 6.45) is 14.0. The fourth-order valence-corrected chi connectivity index (χ4v) is 3.81. The van der Waals surface area contributed by atoms with E-state index in [0.717, 1.165) is 6.42 Å². The molecular formula is C19H30. The van der Waals surface area contributed by atoms with E-state index in [1.165, 1.54) is 63.4 Å². The molecule has 0 unspecified atom stereocenters. The van der Waals surface area contributed by atoms with Crippen LogP contribution in [0.5, 0.6) is 0 Å². The van der Waals surface area contributed by atoms with Crippen LogP contribution in [0.2, 0.25) is 0 Å². The van der Waals surface area contributed by atoms with Crippen molar-refractivity contribution in [3.05, 3.63) is 35.4 Å². The molecule has 0 radical (unpaired) electrons. The van der Waals surface area contributed by atoms with Crippen LogP contribution in [-0.4, -0.2) is 0 Å². The van der Waals surface area contributed by atoms with Crippen LogP contribution in [0.25, 0.3) is 0 Å². The highest BCUT2D eigenvalue weighted by Crippen LogP contribution is 2.43. The van der Waals surface area contributed by atoms with Gasteiger partial charge in [0.05, 0.1) is 0 Å². The maximum absolute atomic E-state index is 2.35. The average Bonchev–Trinajstić information content (AvgIpc) is 2.47. The Bertz CT molecular complexity index is 349. The molecule has 0 nitrogen and oxygen atoms in total. The molecule has 0 aliphatic heterocycles. The van der Waals surface area contributed by atoms with Gasteiger partial charge in [-0.05, 0) is 55.1 Å². The maximum atomic E-state index is 2.35. The quantitative estimate of drug-likeness (QED) is 0.593. The molecule has 19 heavy (non-hydrogen) atoms. The minimum absolute atomic E-state index is 0.677. The second-order valence-corrected chi connectivity index (χ2v) is 6.48. The number of hydrogen-bond acceptors (Lipinski definition) is 0. The van der Waals surface area contributed by atoms with Crippen LogP contribution < -0.4 is 0 Å². The summed E-state index contributed by atoms with van der Waals surface area (Å²) in [5, 5.41) is 0. The number of benzene rings is 1. The molecule has 0 N–H and O–H groups in total. The molecule has 0 heteroatoms. The maximum Gasteiger partial charge on any atom is -0.0274 e. The van der Waals surface area contributed by atoms with Crippen LogP contribution in [0.1, 0.15) is 76.3 Å². The third-order valence-corrected chi connectivity index (χ3v) is 5.07. The Morgan fingerprint density at radius 2 is 1.47 bits per heavy atom. The van der Waals surface area contributed by atoms with E-state index in [1.54, 1.807) is 5.56 Å². The molecule has 1 aromatic rings. The summed E-state index contributed by atoms with van der Waals surface area (Å²) in [7, 11) is 0. The lowest BCUT2D eigenvalue weighted by molar-refractivity contribution is 0.156. The van der Waals surface area contributed by atoms with Gasteiger partial charge in [-0.25, -0.2) is 0 Å². The van der Waals surface area contributed by atoms with Gasteiger partial charge in [0, 0.05) is 0 Å². The van der Waals surface area contributed by atoms with E-state index in [4.69, 9.17) is 0 Å². The van der Waals surface area contributed by atoms with Crippen molar-refractivity contribution in [3.63, 3.8) is 0 Å². The fourth-order valence-electron chi connectivity index (χ4n) is 3.81. The fraction of sp³-hybridized carbons (Fsp3) is 0.684. The van der Waals surface area contributed by atoms with E-state index in [0.29, 0.717) is 5.41 Å². The molecule has 1 fully saturated rings. The van der Waals surface area contributed by atoms with Gasteiger partial charge in [0.25, 0.3) is 0 Å². The molecule has 0 atom stereocenters. The lowest BCUT2D eigenvalue weighted by atomic mass is 9.68. The highest BCUT2D eigenvalue weighted by atomic mass is 14.4. The zero-order chi connectivity index (χ0) is 13.6. The summed E-state index contributed by atoms with van der Waals surface area (Å²) in [5.74, 6) is 0. The third-order valence-electron chi connectivity index (χ3n) is 5.07. The molecule has 0 spiro atoms. The summed E-state index contributed by atoms with van der Waals surface area (Å²) in [6, 6.07) is 9.31. The highest BCUT2D eigenvalue weighted by Gasteiger charge is 2.30. The van der Waals surface area contributed by atoms with Crippen molar-refractivity contribution >= 4 is 0 Å². The van der Waals surface area contributed by atoms with Crippen molar-refractivity contribution in [2.45, 2.75) is 78.1 Å². The predicted molar refractivity (Wildman–Crippen MR) is 84.6 cm³/mol. The summed E-state index contributed by atoms with van der Waals surface area (Å²) in [5.41, 5.74) is 3.68. The summed E-state index contributed by atoms with van der Waals surface area (Å²) in [4.78, 5) is 0. The molecule has 2 rings (SSSR count). The number of hydrogen-bond donors (Lipinski definition) is 0. The van der Waals surface area contributed by atoms with Gasteiger partial charge in [0.15, 0.2) is 0 Å². The van der Waals surface area contributed by atoms with Crippen molar-refractivity contribution in [3.8, 4) is 0 Å². The number of rotatable bonds is 6. The van der Waals surface area contributed by atoms with Crippen LogP contribution in [0.4, 0.5) is 0 Å². The Balaban J connectivity index is 1.93. The minimum atomic E-state index is 0.677. The van der Waals surface area contributed by atoms with E-state index in [2.05, 4.69) is 38.1 Å². The van der Waals surface area contributed by atoms with Crippen LogP contribution in [0, 0.1) is 5.41 Å². The molecule has 0 bridgehead atoms. The zero-order valence-corrected chi connectivity index (χ0v) is 12.9. The van der Waals surface area contributed by atoms with E-state index in [-0.39, 0.29) is 0 Å². The van der Waals surface area contributed by atoms with Gasteiger partial charge < -0.3 is 0 Å². The second kappa shape index (κ2) is 7.12. The van der Waals surface area contributed by atoms with E-state index in [1.807, 2.05) is 0 Å². The lowest BCUT2D eigenvalue weighted by Gasteiger charge is -2.37. The first-order valence-corrected chi connectivity index (χ1v) is 8.36. The monoisotopic (exact) mass is 258 g/mol. The van der Waals surface area contributed by atoms with Gasteiger partial charge in [-0.1, -0.05) is 63.8 Å². The topological polar surface area (TPSA) is 0 Å². The summed E-state index contributed by atoms with van der Waals surface area (Å²) in [6.45, 7) is 4.58. The Morgan fingerprint density at radius 1 is 0.842 bits per heavy atom. The standard InChI is InChI=1S/C19H30/c1-3-13-19(14-6-5-7-15-19)16-12-18-10-8-17(4-2)9-11-18/h8-11H,3-7,12-16H2,1-2H3. The van der Waals surface area contributed by atoms with Crippen molar-refractivity contribution in [1.82, 2.24) is 0 Å². The van der Waals surface area contributed by atoms with Crippen molar-refractivity contribution < 1.29 is 0 Å². The SMILES string of the molecule is CCCC1(CCc2ccc(CC)cc2)CCCCC1. The van der Waals surface area contributed by atoms with Gasteiger partial charge >= 0.3 is 0 Å². The van der Waals surface area contributed by atoms with E-state index >= 15 is 0 Å². The van der Waals surface area contributed by atoms with E-state index < -0.39 is 0 Å². The van der Waals surface area contributed by atoms with Gasteiger partial charge in [0.2, 0.25) is 0 Å². The first kappa shape index (κ1) is 14.6. The second-order valence-electron chi connectivity index (χ2n) is 6.48. The predicted octanol–water partition coefficient (Wildman–Crippen LogP) is 5.93. The molecule has 1 aliphatic rings. The average molecular weight is 258 g/mol. The molecular weight excluding hydrogens is 228 g/mol. The van der Waals surface area contributed by atoms with Crippen LogP contribution >= 0.6 is 0 Å². The zero-order valence-electron chi connectivity index (χ0n) is 12.9. The molecule has 106 valence electrons. The first-order chi connectivity index (χ1) is 9.28. The smallest absolute Gasteiger partial charge is 0.0274 e. The summed E-state index contributed by atoms with van der Waals surface area (Å²) >= 11 is 0. The van der Waals surface area contributed by atoms with Gasteiger partial charge in [0.1, 0.15) is 0 Å². The molecule has 0 saturated heterocycles. The molecule has 1 aromatic carbocycles. The lowest BCUT2D eigenvalue weighted by Crippen LogP contribution is -2.24. The van der Waals surface area contributed by atoms with Crippen molar-refractivity contribution in [2.75, 3.05) is 0 Å². The molecule has 0 heterocycles. The van der Waals surface area contributed by atoms with Crippen LogP contribution in [0.15, 0.2) is 24.3 Å². The number of aryl methyl sites for hydroxylation is 2. The first-order valence-electron chi connectivity index (χ1n) is 8.36. The molecule has 1 saturated carbocycles. The van der Waals surface area contributed by atoms with Crippen LogP contribution in [-0.2, 0) is 12.8 Å². The van der Waals surface area contributed by atoms with Gasteiger partial charge in [-0.3, -0.25) is 0 Å². The normalized spacial score (nSPS) is 18.4. The van der Waals surface area contributed by atoms with Crippen LogP contribution in [0.3, 0.4) is 0 Å². The van der Waals surface area contributed by atoms with Gasteiger partial charge in [-0.2, -0.15) is 0 Å². The summed E-state index contributed by atoms with van der Waals surface area (Å²) < 4.78 is 0. The highest BCUT2D eigenvalue weighted by molar-refractivity contribution is 5.22. The molecule has 1 aliphatic carbocycles. The Hall–Kier alpha value is -0.780. The third kappa shape index (κ3) is 4.09. The van der Waals surface area contributed by atoms with Crippen molar-refractivity contribution in [2.24, 2.45) is 5.41 Å².